The molecule has 0 saturated heterocycles. The van der Waals surface area contributed by atoms with Gasteiger partial charge in [-0.15, -0.1) is 0 Å². The van der Waals surface area contributed by atoms with Crippen LogP contribution in [0.2, 0.25) is 0 Å². The standard InChI is InChI=1S/C17H17F3N2O3S/c1-22(2)26(24,25)15-8-4-6-13(10-15)16(23)21-11-12-5-3-7-14(9-12)17(18,19)20/h3-10H,11H2,1-2H3,(H,21,23). The summed E-state index contributed by atoms with van der Waals surface area (Å²) < 4.78 is 63.3. The van der Waals surface area contributed by atoms with E-state index in [1.165, 1.54) is 50.5 Å². The lowest BCUT2D eigenvalue weighted by atomic mass is 10.1. The maximum atomic E-state index is 12.7. The van der Waals surface area contributed by atoms with Gasteiger partial charge in [-0.25, -0.2) is 12.7 Å². The molecule has 0 unspecified atom stereocenters. The van der Waals surface area contributed by atoms with Gasteiger partial charge in [-0.3, -0.25) is 4.79 Å². The number of hydrogen-bond donors (Lipinski definition) is 1. The van der Waals surface area contributed by atoms with Crippen LogP contribution in [0.15, 0.2) is 53.4 Å². The highest BCUT2D eigenvalue weighted by molar-refractivity contribution is 7.89. The molecule has 2 aromatic carbocycles. The van der Waals surface area contributed by atoms with Crippen LogP contribution < -0.4 is 5.32 Å². The van der Waals surface area contributed by atoms with Gasteiger partial charge in [0.15, 0.2) is 0 Å². The van der Waals surface area contributed by atoms with E-state index in [1.54, 1.807) is 0 Å². The highest BCUT2D eigenvalue weighted by Gasteiger charge is 2.30. The van der Waals surface area contributed by atoms with Crippen LogP contribution >= 0.6 is 0 Å². The number of carbonyl (C=O) groups is 1. The second-order valence-electron chi connectivity index (χ2n) is 5.70. The van der Waals surface area contributed by atoms with Gasteiger partial charge in [0.2, 0.25) is 10.0 Å². The molecule has 26 heavy (non-hydrogen) atoms. The third-order valence-electron chi connectivity index (χ3n) is 3.58. The van der Waals surface area contributed by atoms with Crippen LogP contribution in [0.3, 0.4) is 0 Å². The lowest BCUT2D eigenvalue weighted by Gasteiger charge is -2.12. The second kappa shape index (κ2) is 7.46. The molecule has 0 fully saturated rings. The second-order valence-corrected chi connectivity index (χ2v) is 7.85. The number of rotatable bonds is 5. The third kappa shape index (κ3) is 4.61. The predicted octanol–water partition coefficient (Wildman–Crippen LogP) is 2.89. The van der Waals surface area contributed by atoms with Crippen molar-refractivity contribution in [3.05, 3.63) is 65.2 Å². The maximum absolute atomic E-state index is 12.7. The number of benzene rings is 2. The monoisotopic (exact) mass is 386 g/mol. The molecule has 0 spiro atoms. The Morgan fingerprint density at radius 1 is 1.08 bits per heavy atom. The maximum Gasteiger partial charge on any atom is 0.416 e. The molecule has 0 aromatic heterocycles. The topological polar surface area (TPSA) is 66.5 Å². The fourth-order valence-electron chi connectivity index (χ4n) is 2.15. The minimum Gasteiger partial charge on any atom is -0.348 e. The van der Waals surface area contributed by atoms with Crippen molar-refractivity contribution in [3.8, 4) is 0 Å². The normalized spacial score (nSPS) is 12.2. The minimum absolute atomic E-state index is 0.0470. The molecule has 0 radical (unpaired) electrons. The molecular weight excluding hydrogens is 369 g/mol. The molecule has 0 aliphatic heterocycles. The molecule has 0 aliphatic rings. The van der Waals surface area contributed by atoms with Crippen molar-refractivity contribution in [1.82, 2.24) is 9.62 Å². The number of halogens is 3. The molecule has 2 aromatic rings. The highest BCUT2D eigenvalue weighted by Crippen LogP contribution is 2.29. The Kier molecular flexibility index (Phi) is 5.72. The lowest BCUT2D eigenvalue weighted by molar-refractivity contribution is -0.137. The van der Waals surface area contributed by atoms with Crippen LogP contribution in [-0.2, 0) is 22.7 Å². The largest absolute Gasteiger partial charge is 0.416 e. The Labute approximate surface area is 149 Å². The van der Waals surface area contributed by atoms with Crippen LogP contribution in [0.1, 0.15) is 21.5 Å². The zero-order valence-electron chi connectivity index (χ0n) is 14.0. The molecule has 1 N–H and O–H groups in total. The summed E-state index contributed by atoms with van der Waals surface area (Å²) in [6.07, 6.45) is -4.46. The zero-order chi connectivity index (χ0) is 19.5. The summed E-state index contributed by atoms with van der Waals surface area (Å²) in [6.45, 7) is -0.118. The van der Waals surface area contributed by atoms with Crippen LogP contribution in [0.4, 0.5) is 13.2 Å². The van der Waals surface area contributed by atoms with Crippen molar-refractivity contribution < 1.29 is 26.4 Å². The van der Waals surface area contributed by atoms with Crippen molar-refractivity contribution >= 4 is 15.9 Å². The summed E-state index contributed by atoms with van der Waals surface area (Å²) in [4.78, 5) is 12.2. The van der Waals surface area contributed by atoms with E-state index in [4.69, 9.17) is 0 Å². The predicted molar refractivity (Wildman–Crippen MR) is 89.9 cm³/mol. The van der Waals surface area contributed by atoms with Crippen LogP contribution in [0, 0.1) is 0 Å². The van der Waals surface area contributed by atoms with Gasteiger partial charge < -0.3 is 5.32 Å². The van der Waals surface area contributed by atoms with Crippen molar-refractivity contribution in [3.63, 3.8) is 0 Å². The Bertz CT molecular complexity index is 909. The number of sulfonamides is 1. The van der Waals surface area contributed by atoms with E-state index >= 15 is 0 Å². The molecule has 0 atom stereocenters. The number of carbonyl (C=O) groups excluding carboxylic acids is 1. The van der Waals surface area contributed by atoms with Crippen LogP contribution in [0.5, 0.6) is 0 Å². The molecule has 0 bridgehead atoms. The highest BCUT2D eigenvalue weighted by atomic mass is 32.2. The van der Waals surface area contributed by atoms with Crippen molar-refractivity contribution in [1.29, 1.82) is 0 Å². The summed E-state index contributed by atoms with van der Waals surface area (Å²) in [7, 11) is -0.952. The van der Waals surface area contributed by atoms with Crippen molar-refractivity contribution in [2.45, 2.75) is 17.6 Å². The van der Waals surface area contributed by atoms with E-state index in [0.717, 1.165) is 16.4 Å². The van der Waals surface area contributed by atoms with Gasteiger partial charge in [0.1, 0.15) is 0 Å². The van der Waals surface area contributed by atoms with E-state index in [2.05, 4.69) is 5.32 Å². The smallest absolute Gasteiger partial charge is 0.348 e. The number of hydrogen-bond acceptors (Lipinski definition) is 3. The number of amides is 1. The first-order valence-corrected chi connectivity index (χ1v) is 8.93. The van der Waals surface area contributed by atoms with Crippen LogP contribution in [-0.4, -0.2) is 32.7 Å². The molecular formula is C17H17F3N2O3S. The van der Waals surface area contributed by atoms with Gasteiger partial charge >= 0.3 is 6.18 Å². The Morgan fingerprint density at radius 2 is 1.73 bits per heavy atom. The SMILES string of the molecule is CN(C)S(=O)(=O)c1cccc(C(=O)NCc2cccc(C(F)(F)F)c2)c1. The summed E-state index contributed by atoms with van der Waals surface area (Å²) in [5.74, 6) is -0.585. The van der Waals surface area contributed by atoms with E-state index < -0.39 is 27.7 Å². The van der Waals surface area contributed by atoms with Gasteiger partial charge in [0, 0.05) is 26.2 Å². The minimum atomic E-state index is -4.46. The first kappa shape index (κ1) is 19.9. The van der Waals surface area contributed by atoms with E-state index in [-0.39, 0.29) is 22.6 Å². The Morgan fingerprint density at radius 3 is 2.35 bits per heavy atom. The lowest BCUT2D eigenvalue weighted by Crippen LogP contribution is -2.25. The number of alkyl halides is 3. The number of nitrogens with one attached hydrogen (secondary N) is 1. The van der Waals surface area contributed by atoms with Gasteiger partial charge in [0.25, 0.3) is 5.91 Å². The zero-order valence-corrected chi connectivity index (χ0v) is 14.9. The van der Waals surface area contributed by atoms with Crippen molar-refractivity contribution in [2.75, 3.05) is 14.1 Å². The fourth-order valence-corrected chi connectivity index (χ4v) is 3.10. The number of nitrogens with zero attached hydrogens (tertiary/aromatic N) is 1. The van der Waals surface area contributed by atoms with Gasteiger partial charge in [-0.2, -0.15) is 13.2 Å². The molecule has 0 saturated carbocycles. The van der Waals surface area contributed by atoms with E-state index in [0.29, 0.717) is 0 Å². The molecule has 2 rings (SSSR count). The van der Waals surface area contributed by atoms with E-state index in [1.807, 2.05) is 0 Å². The van der Waals surface area contributed by atoms with E-state index in [9.17, 15) is 26.4 Å². The summed E-state index contributed by atoms with van der Waals surface area (Å²) in [6, 6.07) is 10.0. The summed E-state index contributed by atoms with van der Waals surface area (Å²) >= 11 is 0. The first-order chi connectivity index (χ1) is 12.0. The molecule has 0 heterocycles. The quantitative estimate of drug-likeness (QED) is 0.859. The fraction of sp³-hybridized carbons (Fsp3) is 0.235. The summed E-state index contributed by atoms with van der Waals surface area (Å²) in [5, 5.41) is 2.49. The van der Waals surface area contributed by atoms with Gasteiger partial charge in [0.05, 0.1) is 10.5 Å². The molecule has 140 valence electrons. The van der Waals surface area contributed by atoms with Gasteiger partial charge in [-0.1, -0.05) is 18.2 Å². The first-order valence-electron chi connectivity index (χ1n) is 7.49. The van der Waals surface area contributed by atoms with Crippen LogP contribution in [0.25, 0.3) is 0 Å². The molecule has 9 heteroatoms. The Balaban J connectivity index is 2.14. The molecule has 1 amide bonds. The third-order valence-corrected chi connectivity index (χ3v) is 5.39. The summed E-state index contributed by atoms with van der Waals surface area (Å²) in [5.41, 5.74) is -0.423. The molecule has 0 aliphatic carbocycles. The Hall–Kier alpha value is -2.39. The van der Waals surface area contributed by atoms with Crippen molar-refractivity contribution in [2.24, 2.45) is 0 Å². The average Bonchev–Trinajstić information content (AvgIpc) is 2.59. The average molecular weight is 386 g/mol. The molecule has 5 nitrogen and oxygen atoms in total. The van der Waals surface area contributed by atoms with Gasteiger partial charge in [-0.05, 0) is 35.9 Å².